The molecule has 5 nitrogen and oxygen atoms in total. The van der Waals surface area contributed by atoms with Crippen LogP contribution in [0.25, 0.3) is 16.7 Å². The minimum Gasteiger partial charge on any atom is -0.497 e. The van der Waals surface area contributed by atoms with Crippen molar-refractivity contribution in [2.24, 2.45) is 5.92 Å². The molecular formula is C23H25N3O2. The van der Waals surface area contributed by atoms with Crippen LogP contribution in [0, 0.1) is 5.92 Å². The summed E-state index contributed by atoms with van der Waals surface area (Å²) in [6, 6.07) is 8.09. The molecule has 2 N–H and O–H groups in total. The van der Waals surface area contributed by atoms with E-state index in [0.29, 0.717) is 11.3 Å². The van der Waals surface area contributed by atoms with Crippen molar-refractivity contribution in [3.05, 3.63) is 46.8 Å². The molecule has 0 saturated heterocycles. The first-order valence-corrected chi connectivity index (χ1v) is 10.1. The molecule has 2 aliphatic rings. The SMILES string of the molecule is COc1ccc(-n2c3c(c4c(N)c5c(nc42)CCC(C)C5=O)CCCC3)cc1. The third-order valence-electron chi connectivity index (χ3n) is 6.35. The van der Waals surface area contributed by atoms with Gasteiger partial charge in [-0.05, 0) is 68.4 Å². The van der Waals surface area contributed by atoms with Crippen LogP contribution in [-0.2, 0) is 19.3 Å². The molecule has 0 saturated carbocycles. The molecular weight excluding hydrogens is 350 g/mol. The van der Waals surface area contributed by atoms with Crippen molar-refractivity contribution in [2.75, 3.05) is 12.8 Å². The molecule has 0 spiro atoms. The van der Waals surface area contributed by atoms with Gasteiger partial charge in [0.1, 0.15) is 11.4 Å². The number of nitrogens with two attached hydrogens (primary N) is 1. The lowest BCUT2D eigenvalue weighted by Gasteiger charge is -2.21. The van der Waals surface area contributed by atoms with Crippen molar-refractivity contribution in [2.45, 2.75) is 45.4 Å². The van der Waals surface area contributed by atoms with Crippen molar-refractivity contribution in [3.8, 4) is 11.4 Å². The van der Waals surface area contributed by atoms with Crippen LogP contribution in [0.15, 0.2) is 24.3 Å². The number of carbonyl (C=O) groups is 1. The molecule has 28 heavy (non-hydrogen) atoms. The van der Waals surface area contributed by atoms with Crippen molar-refractivity contribution < 1.29 is 9.53 Å². The van der Waals surface area contributed by atoms with Crippen LogP contribution in [0.1, 0.15) is 53.5 Å². The van der Waals surface area contributed by atoms with E-state index in [1.807, 2.05) is 19.1 Å². The number of ketones is 1. The van der Waals surface area contributed by atoms with Crippen LogP contribution >= 0.6 is 0 Å². The Morgan fingerprint density at radius 2 is 1.89 bits per heavy atom. The first kappa shape index (κ1) is 17.3. The number of methoxy groups -OCH3 is 1. The summed E-state index contributed by atoms with van der Waals surface area (Å²) in [7, 11) is 1.68. The lowest BCUT2D eigenvalue weighted by molar-refractivity contribution is 0.0914. The molecule has 1 aromatic carbocycles. The zero-order valence-corrected chi connectivity index (χ0v) is 16.4. The number of aryl methyl sites for hydroxylation is 2. The number of anilines is 1. The van der Waals surface area contributed by atoms with Gasteiger partial charge in [0.15, 0.2) is 5.78 Å². The van der Waals surface area contributed by atoms with E-state index in [1.165, 1.54) is 11.3 Å². The van der Waals surface area contributed by atoms with E-state index in [0.717, 1.165) is 66.7 Å². The third-order valence-corrected chi connectivity index (χ3v) is 6.35. The lowest BCUT2D eigenvalue weighted by atomic mass is 9.84. The number of benzene rings is 1. The van der Waals surface area contributed by atoms with Crippen molar-refractivity contribution in [1.29, 1.82) is 0 Å². The molecule has 2 aliphatic carbocycles. The second kappa shape index (κ2) is 6.36. The fourth-order valence-corrected chi connectivity index (χ4v) is 4.83. The van der Waals surface area contributed by atoms with Gasteiger partial charge in [0.2, 0.25) is 0 Å². The van der Waals surface area contributed by atoms with Gasteiger partial charge in [0.25, 0.3) is 0 Å². The first-order chi connectivity index (χ1) is 13.6. The van der Waals surface area contributed by atoms with Crippen LogP contribution in [0.4, 0.5) is 5.69 Å². The van der Waals surface area contributed by atoms with Gasteiger partial charge in [0, 0.05) is 22.7 Å². The number of ether oxygens (including phenoxy) is 1. The molecule has 1 atom stereocenters. The monoisotopic (exact) mass is 375 g/mol. The zero-order chi connectivity index (χ0) is 19.4. The van der Waals surface area contributed by atoms with Gasteiger partial charge >= 0.3 is 0 Å². The lowest BCUT2D eigenvalue weighted by Crippen LogP contribution is -2.23. The van der Waals surface area contributed by atoms with Gasteiger partial charge in [-0.3, -0.25) is 9.36 Å². The van der Waals surface area contributed by atoms with Crippen molar-refractivity contribution >= 4 is 22.5 Å². The van der Waals surface area contributed by atoms with Gasteiger partial charge in [-0.1, -0.05) is 6.92 Å². The summed E-state index contributed by atoms with van der Waals surface area (Å²) in [6.07, 6.45) is 5.95. The second-order valence-electron chi connectivity index (χ2n) is 8.02. The number of nitrogens with zero attached hydrogens (tertiary/aromatic N) is 2. The summed E-state index contributed by atoms with van der Waals surface area (Å²) >= 11 is 0. The molecule has 0 amide bonds. The van der Waals surface area contributed by atoms with Crippen LogP contribution in [0.5, 0.6) is 5.75 Å². The van der Waals surface area contributed by atoms with Gasteiger partial charge in [0.05, 0.1) is 24.1 Å². The Morgan fingerprint density at radius 3 is 2.64 bits per heavy atom. The largest absolute Gasteiger partial charge is 0.497 e. The summed E-state index contributed by atoms with van der Waals surface area (Å²) < 4.78 is 7.57. The molecule has 3 aromatic rings. The summed E-state index contributed by atoms with van der Waals surface area (Å²) in [6.45, 7) is 1.99. The third kappa shape index (κ3) is 2.38. The number of fused-ring (bicyclic) bond motifs is 4. The molecule has 1 unspecified atom stereocenters. The van der Waals surface area contributed by atoms with Gasteiger partial charge in [-0.25, -0.2) is 4.98 Å². The van der Waals surface area contributed by atoms with E-state index in [1.54, 1.807) is 7.11 Å². The highest BCUT2D eigenvalue weighted by Gasteiger charge is 2.32. The minimum atomic E-state index is 0.0218. The van der Waals surface area contributed by atoms with Crippen LogP contribution < -0.4 is 10.5 Å². The number of pyridine rings is 1. The highest BCUT2D eigenvalue weighted by molar-refractivity contribution is 6.11. The average molecular weight is 375 g/mol. The van der Waals surface area contributed by atoms with Crippen molar-refractivity contribution in [3.63, 3.8) is 0 Å². The number of hydrogen-bond acceptors (Lipinski definition) is 4. The standard InChI is InChI=1S/C23H25N3O2/c1-13-7-12-17-20(22(13)27)21(24)19-16-5-3-4-6-18(16)26(23(19)25-17)14-8-10-15(28-2)11-9-14/h8-11,13H,3-7,12H2,1-2H3,(H2,24,25). The highest BCUT2D eigenvalue weighted by atomic mass is 16.5. The molecule has 144 valence electrons. The van der Waals surface area contributed by atoms with Gasteiger partial charge in [-0.2, -0.15) is 0 Å². The molecule has 0 bridgehead atoms. The van der Waals surface area contributed by atoms with E-state index >= 15 is 0 Å². The van der Waals surface area contributed by atoms with Gasteiger partial charge < -0.3 is 10.5 Å². The molecule has 2 heterocycles. The number of rotatable bonds is 2. The van der Waals surface area contributed by atoms with E-state index in [9.17, 15) is 4.79 Å². The number of hydrogen-bond donors (Lipinski definition) is 1. The number of nitrogen functional groups attached to an aromatic ring is 1. The maximum absolute atomic E-state index is 12.9. The molecule has 5 heteroatoms. The van der Waals surface area contributed by atoms with E-state index in [2.05, 4.69) is 16.7 Å². The van der Waals surface area contributed by atoms with Crippen LogP contribution in [0.3, 0.4) is 0 Å². The Morgan fingerprint density at radius 1 is 1.14 bits per heavy atom. The van der Waals surface area contributed by atoms with Crippen molar-refractivity contribution in [1.82, 2.24) is 9.55 Å². The van der Waals surface area contributed by atoms with Gasteiger partial charge in [-0.15, -0.1) is 0 Å². The minimum absolute atomic E-state index is 0.0218. The maximum atomic E-state index is 12.9. The Hall–Kier alpha value is -2.82. The fourth-order valence-electron chi connectivity index (χ4n) is 4.83. The first-order valence-electron chi connectivity index (χ1n) is 10.1. The quantitative estimate of drug-likeness (QED) is 0.726. The molecule has 0 aliphatic heterocycles. The summed E-state index contributed by atoms with van der Waals surface area (Å²) in [4.78, 5) is 17.9. The smallest absolute Gasteiger partial charge is 0.169 e. The van der Waals surface area contributed by atoms with Crippen LogP contribution in [-0.4, -0.2) is 22.4 Å². The second-order valence-corrected chi connectivity index (χ2v) is 8.02. The number of Topliss-reactive ketones (excluding diaryl/α,β-unsaturated/α-hetero) is 1. The fraction of sp³-hybridized carbons (Fsp3) is 0.391. The van der Waals surface area contributed by atoms with Crippen LogP contribution in [0.2, 0.25) is 0 Å². The topological polar surface area (TPSA) is 70.1 Å². The van der Waals surface area contributed by atoms with E-state index in [-0.39, 0.29) is 11.7 Å². The van der Waals surface area contributed by atoms with E-state index in [4.69, 9.17) is 15.5 Å². The molecule has 5 rings (SSSR count). The molecule has 0 radical (unpaired) electrons. The van der Waals surface area contributed by atoms with E-state index < -0.39 is 0 Å². The average Bonchev–Trinajstić information content (AvgIpc) is 3.05. The predicted octanol–water partition coefficient (Wildman–Crippen LogP) is 4.26. The predicted molar refractivity (Wildman–Crippen MR) is 110 cm³/mol. The molecule has 2 aromatic heterocycles. The Labute approximate surface area is 164 Å². The Kier molecular flexibility index (Phi) is 3.93. The summed E-state index contributed by atoms with van der Waals surface area (Å²) in [5, 5.41) is 0.992. The highest BCUT2D eigenvalue weighted by Crippen LogP contribution is 2.41. The number of aromatic nitrogens is 2. The maximum Gasteiger partial charge on any atom is 0.169 e. The zero-order valence-electron chi connectivity index (χ0n) is 16.4. The summed E-state index contributed by atoms with van der Waals surface area (Å²) in [5.41, 5.74) is 13.4. The Bertz CT molecular complexity index is 1100. The Balaban J connectivity index is 1.83. The normalized spacial score (nSPS) is 18.8. The molecule has 0 fully saturated rings. The number of carbonyl (C=O) groups excluding carboxylic acids is 1. The summed E-state index contributed by atoms with van der Waals surface area (Å²) in [5.74, 6) is 1.00.